The van der Waals surface area contributed by atoms with Crippen LogP contribution in [0.5, 0.6) is 5.75 Å². The van der Waals surface area contributed by atoms with Crippen LogP contribution in [0, 0.1) is 5.92 Å². The standard InChI is InChI=1S/C14H19NO2S/c1-9(2)8-18-10-5-6-12-11(7-10)15-13(16)14(3,4)17-12/h5-7,9H,8H2,1-4H3,(H,15,16). The molecule has 4 heteroatoms. The van der Waals surface area contributed by atoms with Crippen molar-refractivity contribution < 1.29 is 9.53 Å². The summed E-state index contributed by atoms with van der Waals surface area (Å²) in [5.41, 5.74) is -0.0207. The molecule has 0 saturated heterocycles. The molecule has 1 aliphatic heterocycles. The van der Waals surface area contributed by atoms with Crippen molar-refractivity contribution >= 4 is 23.4 Å². The van der Waals surface area contributed by atoms with E-state index in [0.29, 0.717) is 5.92 Å². The number of rotatable bonds is 3. The minimum Gasteiger partial charge on any atom is -0.476 e. The third kappa shape index (κ3) is 2.80. The summed E-state index contributed by atoms with van der Waals surface area (Å²) in [4.78, 5) is 13.0. The zero-order chi connectivity index (χ0) is 13.3. The Morgan fingerprint density at radius 3 is 2.78 bits per heavy atom. The Kier molecular flexibility index (Phi) is 3.57. The molecule has 0 fully saturated rings. The number of hydrogen-bond donors (Lipinski definition) is 1. The van der Waals surface area contributed by atoms with E-state index in [-0.39, 0.29) is 5.91 Å². The lowest BCUT2D eigenvalue weighted by atomic mass is 10.1. The molecule has 0 aromatic heterocycles. The van der Waals surface area contributed by atoms with E-state index in [2.05, 4.69) is 19.2 Å². The Bertz CT molecular complexity index is 469. The van der Waals surface area contributed by atoms with Gasteiger partial charge < -0.3 is 10.1 Å². The van der Waals surface area contributed by atoms with Crippen LogP contribution >= 0.6 is 11.8 Å². The van der Waals surface area contributed by atoms with E-state index < -0.39 is 5.60 Å². The lowest BCUT2D eigenvalue weighted by molar-refractivity contribution is -0.129. The maximum atomic E-state index is 11.8. The normalized spacial score (nSPS) is 17.1. The van der Waals surface area contributed by atoms with Gasteiger partial charge >= 0.3 is 0 Å². The Morgan fingerprint density at radius 2 is 2.11 bits per heavy atom. The molecule has 0 radical (unpaired) electrons. The molecule has 1 amide bonds. The maximum absolute atomic E-state index is 11.8. The van der Waals surface area contributed by atoms with Gasteiger partial charge in [-0.2, -0.15) is 0 Å². The smallest absolute Gasteiger partial charge is 0.268 e. The number of amides is 1. The summed E-state index contributed by atoms with van der Waals surface area (Å²) < 4.78 is 5.69. The fraction of sp³-hybridized carbons (Fsp3) is 0.500. The number of hydrogen-bond acceptors (Lipinski definition) is 3. The second kappa shape index (κ2) is 4.84. The molecule has 0 bridgehead atoms. The van der Waals surface area contributed by atoms with Gasteiger partial charge in [0.2, 0.25) is 0 Å². The Morgan fingerprint density at radius 1 is 1.39 bits per heavy atom. The highest BCUT2D eigenvalue weighted by molar-refractivity contribution is 7.99. The zero-order valence-electron chi connectivity index (χ0n) is 11.2. The van der Waals surface area contributed by atoms with Gasteiger partial charge in [-0.15, -0.1) is 11.8 Å². The summed E-state index contributed by atoms with van der Waals surface area (Å²) >= 11 is 1.80. The molecule has 0 spiro atoms. The van der Waals surface area contributed by atoms with Gasteiger partial charge in [0.05, 0.1) is 5.69 Å². The second-order valence-electron chi connectivity index (χ2n) is 5.43. The van der Waals surface area contributed by atoms with Crippen LogP contribution in [0.3, 0.4) is 0 Å². The molecule has 1 aromatic carbocycles. The average Bonchev–Trinajstić information content (AvgIpc) is 2.27. The Balaban J connectivity index is 2.18. The molecular formula is C14H19NO2S. The lowest BCUT2D eigenvalue weighted by Gasteiger charge is -2.31. The topological polar surface area (TPSA) is 38.3 Å². The van der Waals surface area contributed by atoms with Gasteiger partial charge in [0.25, 0.3) is 5.91 Å². The van der Waals surface area contributed by atoms with Crippen molar-refractivity contribution in [1.82, 2.24) is 0 Å². The largest absolute Gasteiger partial charge is 0.476 e. The van der Waals surface area contributed by atoms with Crippen LogP contribution in [-0.2, 0) is 4.79 Å². The first-order valence-corrected chi connectivity index (χ1v) is 7.14. The van der Waals surface area contributed by atoms with Crippen LogP contribution < -0.4 is 10.1 Å². The number of benzene rings is 1. The number of carbonyl (C=O) groups is 1. The molecule has 0 saturated carbocycles. The summed E-state index contributed by atoms with van der Waals surface area (Å²) in [5, 5.41) is 2.90. The number of carbonyl (C=O) groups excluding carboxylic acids is 1. The van der Waals surface area contributed by atoms with Gasteiger partial charge in [-0.05, 0) is 38.0 Å². The van der Waals surface area contributed by atoms with Crippen LogP contribution in [0.4, 0.5) is 5.69 Å². The van der Waals surface area contributed by atoms with Crippen LogP contribution in [0.2, 0.25) is 0 Å². The highest BCUT2D eigenvalue weighted by Gasteiger charge is 2.35. The molecule has 1 heterocycles. The SMILES string of the molecule is CC(C)CSc1ccc2c(c1)NC(=O)C(C)(C)O2. The van der Waals surface area contributed by atoms with Gasteiger partial charge in [0.15, 0.2) is 5.60 Å². The van der Waals surface area contributed by atoms with Crippen LogP contribution in [-0.4, -0.2) is 17.3 Å². The Hall–Kier alpha value is -1.16. The Labute approximate surface area is 112 Å². The molecular weight excluding hydrogens is 246 g/mol. The van der Waals surface area contributed by atoms with E-state index in [9.17, 15) is 4.79 Å². The third-order valence-corrected chi connectivity index (χ3v) is 4.12. The number of ether oxygens (including phenoxy) is 1. The van der Waals surface area contributed by atoms with Crippen molar-refractivity contribution in [3.05, 3.63) is 18.2 Å². The highest BCUT2D eigenvalue weighted by Crippen LogP contribution is 2.36. The van der Waals surface area contributed by atoms with E-state index in [1.807, 2.05) is 18.2 Å². The van der Waals surface area contributed by atoms with Crippen LogP contribution in [0.1, 0.15) is 27.7 Å². The van der Waals surface area contributed by atoms with Crippen molar-refractivity contribution in [3.8, 4) is 5.75 Å². The van der Waals surface area contributed by atoms with Crippen molar-refractivity contribution in [2.45, 2.75) is 38.2 Å². The summed E-state index contributed by atoms with van der Waals surface area (Å²) in [6.07, 6.45) is 0. The minimum absolute atomic E-state index is 0.0963. The first-order valence-electron chi connectivity index (χ1n) is 6.16. The van der Waals surface area contributed by atoms with Gasteiger partial charge in [0.1, 0.15) is 5.75 Å². The summed E-state index contributed by atoms with van der Waals surface area (Å²) in [5.74, 6) is 2.37. The van der Waals surface area contributed by atoms with Gasteiger partial charge in [0, 0.05) is 10.6 Å². The zero-order valence-corrected chi connectivity index (χ0v) is 12.1. The average molecular weight is 265 g/mol. The number of thioether (sulfide) groups is 1. The molecule has 1 aromatic rings. The minimum atomic E-state index is -0.792. The summed E-state index contributed by atoms with van der Waals surface area (Å²) in [6.45, 7) is 7.93. The molecule has 1 N–H and O–H groups in total. The molecule has 0 aliphatic carbocycles. The van der Waals surface area contributed by atoms with E-state index in [4.69, 9.17) is 4.74 Å². The van der Waals surface area contributed by atoms with Crippen LogP contribution in [0.25, 0.3) is 0 Å². The molecule has 0 atom stereocenters. The molecule has 18 heavy (non-hydrogen) atoms. The van der Waals surface area contributed by atoms with E-state index in [0.717, 1.165) is 22.1 Å². The maximum Gasteiger partial charge on any atom is 0.268 e. The molecule has 2 rings (SSSR count). The van der Waals surface area contributed by atoms with Crippen molar-refractivity contribution in [3.63, 3.8) is 0 Å². The molecule has 98 valence electrons. The van der Waals surface area contributed by atoms with E-state index >= 15 is 0 Å². The van der Waals surface area contributed by atoms with Crippen molar-refractivity contribution in [1.29, 1.82) is 0 Å². The molecule has 0 unspecified atom stereocenters. The monoisotopic (exact) mass is 265 g/mol. The van der Waals surface area contributed by atoms with Gasteiger partial charge in [-0.1, -0.05) is 13.8 Å². The van der Waals surface area contributed by atoms with E-state index in [1.165, 1.54) is 0 Å². The van der Waals surface area contributed by atoms with Gasteiger partial charge in [-0.25, -0.2) is 0 Å². The van der Waals surface area contributed by atoms with Crippen molar-refractivity contribution in [2.75, 3.05) is 11.1 Å². The van der Waals surface area contributed by atoms with Gasteiger partial charge in [-0.3, -0.25) is 4.79 Å². The fourth-order valence-electron chi connectivity index (χ4n) is 1.64. The van der Waals surface area contributed by atoms with E-state index in [1.54, 1.807) is 25.6 Å². The lowest BCUT2D eigenvalue weighted by Crippen LogP contribution is -2.45. The number of fused-ring (bicyclic) bond motifs is 1. The predicted octanol–water partition coefficient (Wildman–Crippen LogP) is 3.54. The molecule has 1 aliphatic rings. The fourth-order valence-corrected chi connectivity index (χ4v) is 2.53. The van der Waals surface area contributed by atoms with Crippen LogP contribution in [0.15, 0.2) is 23.1 Å². The quantitative estimate of drug-likeness (QED) is 0.849. The predicted molar refractivity (Wildman–Crippen MR) is 75.3 cm³/mol. The van der Waals surface area contributed by atoms with Crippen molar-refractivity contribution in [2.24, 2.45) is 5.92 Å². The molecule has 3 nitrogen and oxygen atoms in total. The second-order valence-corrected chi connectivity index (χ2v) is 6.52. The number of nitrogens with one attached hydrogen (secondary N) is 1. The first kappa shape index (κ1) is 13.3. The summed E-state index contributed by atoms with van der Waals surface area (Å²) in [7, 11) is 0. The summed E-state index contributed by atoms with van der Waals surface area (Å²) in [6, 6.07) is 5.95. The third-order valence-electron chi connectivity index (χ3n) is 2.69. The first-order chi connectivity index (χ1) is 8.38. The number of anilines is 1. The highest BCUT2D eigenvalue weighted by atomic mass is 32.2.